The molecule has 1 aromatic carbocycles. The fourth-order valence-electron chi connectivity index (χ4n) is 3.52. The molecule has 31 heavy (non-hydrogen) atoms. The number of benzene rings is 1. The first-order valence-corrected chi connectivity index (χ1v) is 10.1. The van der Waals surface area contributed by atoms with Crippen LogP contribution >= 0.6 is 0 Å². The number of likely N-dealkylation sites (N-methyl/N-ethyl adjacent to an activating group) is 1. The van der Waals surface area contributed by atoms with Crippen LogP contribution in [0.1, 0.15) is 32.9 Å². The maximum absolute atomic E-state index is 13.2. The monoisotopic (exact) mass is 422 g/mol. The number of Topliss-reactive ketones (excluding diaryl/α,β-unsaturated/α-hetero) is 1. The van der Waals surface area contributed by atoms with Crippen LogP contribution in [-0.4, -0.2) is 46.3 Å². The van der Waals surface area contributed by atoms with E-state index in [1.165, 1.54) is 12.1 Å². The van der Waals surface area contributed by atoms with Gasteiger partial charge in [0.25, 0.3) is 0 Å². The largest absolute Gasteiger partial charge is 0.344 e. The molecule has 1 N–H and O–H groups in total. The third-order valence-electron chi connectivity index (χ3n) is 5.14. The number of ketones is 1. The number of pyridine rings is 1. The van der Waals surface area contributed by atoms with Crippen molar-refractivity contribution < 1.29 is 14.0 Å². The van der Waals surface area contributed by atoms with Crippen LogP contribution in [0.2, 0.25) is 0 Å². The van der Waals surface area contributed by atoms with Crippen molar-refractivity contribution in [2.75, 3.05) is 25.5 Å². The zero-order chi connectivity index (χ0) is 22.5. The van der Waals surface area contributed by atoms with E-state index in [0.717, 1.165) is 22.5 Å². The first-order valence-electron chi connectivity index (χ1n) is 10.1. The molecule has 3 rings (SSSR count). The average molecular weight is 423 g/mol. The number of carbonyl (C=O) groups excluding carboxylic acids is 2. The van der Waals surface area contributed by atoms with Gasteiger partial charge in [-0.05, 0) is 69.3 Å². The molecule has 0 unspecified atom stereocenters. The van der Waals surface area contributed by atoms with Crippen molar-refractivity contribution in [3.63, 3.8) is 0 Å². The lowest BCUT2D eigenvalue weighted by Crippen LogP contribution is -2.34. The van der Waals surface area contributed by atoms with Gasteiger partial charge >= 0.3 is 0 Å². The van der Waals surface area contributed by atoms with Gasteiger partial charge in [0.05, 0.1) is 13.1 Å². The quantitative estimate of drug-likeness (QED) is 0.562. The number of rotatable bonds is 8. The maximum Gasteiger partial charge on any atom is 0.239 e. The van der Waals surface area contributed by atoms with E-state index < -0.39 is 0 Å². The van der Waals surface area contributed by atoms with Crippen LogP contribution in [0.4, 0.5) is 10.2 Å². The van der Waals surface area contributed by atoms with Gasteiger partial charge in [-0.3, -0.25) is 14.5 Å². The van der Waals surface area contributed by atoms with Crippen LogP contribution in [-0.2, 0) is 11.3 Å². The minimum absolute atomic E-state index is 0.0533. The van der Waals surface area contributed by atoms with Gasteiger partial charge in [-0.15, -0.1) is 0 Å². The summed E-state index contributed by atoms with van der Waals surface area (Å²) in [4.78, 5) is 30.9. The Morgan fingerprint density at radius 1 is 1.06 bits per heavy atom. The fourth-order valence-corrected chi connectivity index (χ4v) is 3.52. The van der Waals surface area contributed by atoms with E-state index in [0.29, 0.717) is 17.9 Å². The van der Waals surface area contributed by atoms with Crippen molar-refractivity contribution in [1.29, 1.82) is 0 Å². The number of aromatic nitrogens is 2. The predicted molar refractivity (Wildman–Crippen MR) is 119 cm³/mol. The lowest BCUT2D eigenvalue weighted by atomic mass is 10.1. The number of halogens is 1. The highest BCUT2D eigenvalue weighted by molar-refractivity contribution is 5.99. The van der Waals surface area contributed by atoms with Crippen molar-refractivity contribution in [2.24, 2.45) is 0 Å². The summed E-state index contributed by atoms with van der Waals surface area (Å²) in [7, 11) is 1.73. The zero-order valence-corrected chi connectivity index (χ0v) is 18.3. The highest BCUT2D eigenvalue weighted by atomic mass is 19.1. The molecule has 0 bridgehead atoms. The standard InChI is InChI=1S/C24H27FN4O2/c1-16-9-10-26-23(11-16)27-24(31)15-28(4)14-22(30)21-12-17(2)29(18(21)3)13-19-5-7-20(25)8-6-19/h5-12H,13-15H2,1-4H3,(H,26,27,31). The van der Waals surface area contributed by atoms with E-state index in [1.54, 1.807) is 36.3 Å². The third-order valence-corrected chi connectivity index (χ3v) is 5.14. The molecule has 0 aliphatic heterocycles. The Kier molecular flexibility index (Phi) is 6.97. The SMILES string of the molecule is Cc1ccnc(NC(=O)CN(C)CC(=O)c2cc(C)n(Cc3ccc(F)cc3)c2C)c1. The molecule has 0 atom stereocenters. The Bertz CT molecular complexity index is 1090. The highest BCUT2D eigenvalue weighted by Gasteiger charge is 2.18. The normalized spacial score (nSPS) is 11.0. The number of nitrogens with one attached hydrogen (secondary N) is 1. The average Bonchev–Trinajstić information content (AvgIpc) is 2.97. The van der Waals surface area contributed by atoms with Gasteiger partial charge in [0.15, 0.2) is 5.78 Å². The Hall–Kier alpha value is -3.32. The fraction of sp³-hybridized carbons (Fsp3) is 0.292. The zero-order valence-electron chi connectivity index (χ0n) is 18.3. The van der Waals surface area contributed by atoms with E-state index in [4.69, 9.17) is 0 Å². The molecule has 2 aromatic heterocycles. The molecule has 6 nitrogen and oxygen atoms in total. The van der Waals surface area contributed by atoms with Crippen molar-refractivity contribution in [3.8, 4) is 0 Å². The lowest BCUT2D eigenvalue weighted by molar-refractivity contribution is -0.116. The van der Waals surface area contributed by atoms with Crippen LogP contribution < -0.4 is 5.32 Å². The van der Waals surface area contributed by atoms with Crippen LogP contribution in [0.25, 0.3) is 0 Å². The summed E-state index contributed by atoms with van der Waals surface area (Å²) in [5.41, 5.74) is 4.41. The third kappa shape index (κ3) is 5.86. The van der Waals surface area contributed by atoms with E-state index in [2.05, 4.69) is 10.3 Å². The molecule has 2 heterocycles. The molecule has 1 amide bonds. The van der Waals surface area contributed by atoms with Gasteiger partial charge in [-0.1, -0.05) is 12.1 Å². The first kappa shape index (κ1) is 22.4. The van der Waals surface area contributed by atoms with Gasteiger partial charge in [-0.2, -0.15) is 0 Å². The molecule has 0 spiro atoms. The summed E-state index contributed by atoms with van der Waals surface area (Å²) in [5, 5.41) is 2.75. The number of amides is 1. The van der Waals surface area contributed by atoms with Crippen molar-refractivity contribution in [2.45, 2.75) is 27.3 Å². The number of anilines is 1. The van der Waals surface area contributed by atoms with Crippen molar-refractivity contribution in [1.82, 2.24) is 14.5 Å². The maximum atomic E-state index is 13.2. The second-order valence-electron chi connectivity index (χ2n) is 7.86. The molecule has 0 saturated carbocycles. The van der Waals surface area contributed by atoms with E-state index in [9.17, 15) is 14.0 Å². The number of aryl methyl sites for hydroxylation is 2. The number of nitrogens with zero attached hydrogens (tertiary/aromatic N) is 3. The molecule has 7 heteroatoms. The number of carbonyl (C=O) groups is 2. The number of hydrogen-bond acceptors (Lipinski definition) is 4. The Balaban J connectivity index is 1.62. The highest BCUT2D eigenvalue weighted by Crippen LogP contribution is 2.18. The first-order chi connectivity index (χ1) is 14.7. The van der Waals surface area contributed by atoms with Crippen LogP contribution in [0.3, 0.4) is 0 Å². The molecular weight excluding hydrogens is 395 g/mol. The van der Waals surface area contributed by atoms with Crippen molar-refractivity contribution >= 4 is 17.5 Å². The van der Waals surface area contributed by atoms with Crippen molar-refractivity contribution in [3.05, 3.63) is 82.6 Å². The van der Waals surface area contributed by atoms with Crippen LogP contribution in [0.15, 0.2) is 48.7 Å². The summed E-state index contributed by atoms with van der Waals surface area (Å²) in [6, 6.07) is 11.9. The molecule has 0 aliphatic carbocycles. The molecule has 0 radical (unpaired) electrons. The predicted octanol–water partition coefficient (Wildman–Crippen LogP) is 3.75. The van der Waals surface area contributed by atoms with Crippen LogP contribution in [0.5, 0.6) is 0 Å². The van der Waals surface area contributed by atoms with Gasteiger partial charge in [0, 0.05) is 29.7 Å². The lowest BCUT2D eigenvalue weighted by Gasteiger charge is -2.15. The smallest absolute Gasteiger partial charge is 0.239 e. The van der Waals surface area contributed by atoms with Gasteiger partial charge < -0.3 is 9.88 Å². The van der Waals surface area contributed by atoms with E-state index >= 15 is 0 Å². The second kappa shape index (κ2) is 9.66. The van der Waals surface area contributed by atoms with Gasteiger partial charge in [-0.25, -0.2) is 9.37 Å². The molecular formula is C24H27FN4O2. The molecule has 162 valence electrons. The Morgan fingerprint density at radius 3 is 2.45 bits per heavy atom. The summed E-state index contributed by atoms with van der Waals surface area (Å²) >= 11 is 0. The second-order valence-corrected chi connectivity index (χ2v) is 7.86. The summed E-state index contributed by atoms with van der Waals surface area (Å²) in [6.07, 6.45) is 1.64. The molecule has 3 aromatic rings. The Labute approximate surface area is 181 Å². The molecule has 0 saturated heterocycles. The van der Waals surface area contributed by atoms with E-state index in [1.807, 2.05) is 37.5 Å². The topological polar surface area (TPSA) is 67.2 Å². The van der Waals surface area contributed by atoms with Gasteiger partial charge in [0.2, 0.25) is 5.91 Å². The van der Waals surface area contributed by atoms with Gasteiger partial charge in [0.1, 0.15) is 11.6 Å². The molecule has 0 aliphatic rings. The Morgan fingerprint density at radius 2 is 1.77 bits per heavy atom. The summed E-state index contributed by atoms with van der Waals surface area (Å²) < 4.78 is 15.2. The van der Waals surface area contributed by atoms with Crippen LogP contribution in [0, 0.1) is 26.6 Å². The van der Waals surface area contributed by atoms with E-state index in [-0.39, 0.29) is 30.6 Å². The summed E-state index contributed by atoms with van der Waals surface area (Å²) in [6.45, 7) is 6.53. The number of hydrogen-bond donors (Lipinski definition) is 1. The molecule has 0 fully saturated rings. The summed E-state index contributed by atoms with van der Waals surface area (Å²) in [5.74, 6) is -0.0579. The minimum Gasteiger partial charge on any atom is -0.344 e. The minimum atomic E-state index is -0.272.